The number of hydrogen-bond donors (Lipinski definition) is 3. The number of carbonyl (C=O) groups is 2. The predicted octanol–water partition coefficient (Wildman–Crippen LogP) is 3.86. The number of aromatic nitrogens is 2. The van der Waals surface area contributed by atoms with Crippen molar-refractivity contribution in [1.82, 2.24) is 9.97 Å². The molecule has 3 heterocycles. The van der Waals surface area contributed by atoms with Gasteiger partial charge in [0.15, 0.2) is 11.5 Å². The monoisotopic (exact) mass is 349 g/mol. The molecule has 0 saturated carbocycles. The number of phenols is 1. The van der Waals surface area contributed by atoms with Crippen molar-refractivity contribution in [3.8, 4) is 5.75 Å². The van der Waals surface area contributed by atoms with Gasteiger partial charge >= 0.3 is 0 Å². The lowest BCUT2D eigenvalue weighted by atomic mass is 10.2. The predicted molar refractivity (Wildman–Crippen MR) is 96.5 cm³/mol. The summed E-state index contributed by atoms with van der Waals surface area (Å²) in [5.41, 5.74) is 1.94. The van der Waals surface area contributed by atoms with Crippen molar-refractivity contribution in [1.29, 1.82) is 0 Å². The van der Waals surface area contributed by atoms with E-state index < -0.39 is 0 Å². The molecule has 4 aromatic rings. The Kier molecular flexibility index (Phi) is 3.69. The second-order valence-electron chi connectivity index (χ2n) is 5.91. The molecule has 1 aromatic carbocycles. The highest BCUT2D eigenvalue weighted by Gasteiger charge is 2.14. The maximum absolute atomic E-state index is 12.5. The molecule has 130 valence electrons. The van der Waals surface area contributed by atoms with Gasteiger partial charge in [0.05, 0.1) is 11.9 Å². The minimum atomic E-state index is -0.338. The van der Waals surface area contributed by atoms with Gasteiger partial charge in [-0.2, -0.15) is 0 Å². The number of rotatable bonds is 4. The molecule has 0 aliphatic carbocycles. The first-order chi connectivity index (χ1) is 12.5. The summed E-state index contributed by atoms with van der Waals surface area (Å²) < 4.78 is 5.41. The summed E-state index contributed by atoms with van der Waals surface area (Å²) in [5.74, 6) is -0.0468. The number of phenolic OH excluding ortho intramolecular Hbond substituents is 1. The Bertz CT molecular complexity index is 1160. The number of aromatic amines is 1. The number of benzene rings is 1. The summed E-state index contributed by atoms with van der Waals surface area (Å²) in [4.78, 5) is 31.3. The lowest BCUT2D eigenvalue weighted by molar-refractivity contribution is 0.0962. The average Bonchev–Trinajstić information content (AvgIpc) is 3.24. The van der Waals surface area contributed by atoms with E-state index in [0.717, 1.165) is 10.9 Å². The van der Waals surface area contributed by atoms with E-state index in [1.807, 2.05) is 0 Å². The first-order valence-electron chi connectivity index (χ1n) is 8.09. The molecule has 1 amide bonds. The van der Waals surface area contributed by atoms with E-state index in [1.54, 1.807) is 43.3 Å². The first-order valence-corrected chi connectivity index (χ1v) is 8.09. The third-order valence-corrected chi connectivity index (χ3v) is 4.07. The van der Waals surface area contributed by atoms with Crippen LogP contribution in [0.4, 0.5) is 5.69 Å². The minimum absolute atomic E-state index is 0.102. The Morgan fingerprint density at radius 2 is 2.04 bits per heavy atom. The van der Waals surface area contributed by atoms with Crippen LogP contribution in [0.15, 0.2) is 47.0 Å². The summed E-state index contributed by atoms with van der Waals surface area (Å²) in [6.45, 7) is 1.76. The summed E-state index contributed by atoms with van der Waals surface area (Å²) >= 11 is 0. The Labute approximate surface area is 147 Å². The van der Waals surface area contributed by atoms with Crippen molar-refractivity contribution in [3.63, 3.8) is 0 Å². The SMILES string of the molecule is CCC(=O)c1cc2cc(NC(=O)c3cc4cc(O)ccc4[nH]3)cnc2o1. The second-order valence-corrected chi connectivity index (χ2v) is 5.91. The molecule has 0 radical (unpaired) electrons. The molecule has 0 aliphatic heterocycles. The number of nitrogens with zero attached hydrogens (tertiary/aromatic N) is 1. The average molecular weight is 349 g/mol. The fourth-order valence-corrected chi connectivity index (χ4v) is 2.75. The van der Waals surface area contributed by atoms with Crippen molar-refractivity contribution < 1.29 is 19.1 Å². The smallest absolute Gasteiger partial charge is 0.272 e. The number of ketones is 1. The number of Topliss-reactive ketones (excluding diaryl/α,β-unsaturated/α-hetero) is 1. The van der Waals surface area contributed by atoms with Crippen LogP contribution in [0.3, 0.4) is 0 Å². The molecular formula is C19H15N3O4. The van der Waals surface area contributed by atoms with Gasteiger partial charge in [-0.3, -0.25) is 9.59 Å². The quantitative estimate of drug-likeness (QED) is 0.485. The lowest BCUT2D eigenvalue weighted by Crippen LogP contribution is -2.12. The van der Waals surface area contributed by atoms with Gasteiger partial charge in [-0.15, -0.1) is 0 Å². The van der Waals surface area contributed by atoms with E-state index in [0.29, 0.717) is 28.9 Å². The molecule has 0 atom stereocenters. The summed E-state index contributed by atoms with van der Waals surface area (Å²) in [6.07, 6.45) is 1.82. The fraction of sp³-hybridized carbons (Fsp3) is 0.105. The Hall–Kier alpha value is -3.61. The topological polar surface area (TPSA) is 108 Å². The number of nitrogens with one attached hydrogen (secondary N) is 2. The number of anilines is 1. The summed E-state index contributed by atoms with van der Waals surface area (Å²) in [7, 11) is 0. The molecule has 0 aliphatic rings. The molecular weight excluding hydrogens is 334 g/mol. The maximum atomic E-state index is 12.5. The van der Waals surface area contributed by atoms with Crippen LogP contribution in [0.2, 0.25) is 0 Å². The number of carbonyl (C=O) groups excluding carboxylic acids is 2. The van der Waals surface area contributed by atoms with E-state index in [-0.39, 0.29) is 23.2 Å². The van der Waals surface area contributed by atoms with Crippen LogP contribution in [-0.2, 0) is 0 Å². The molecule has 3 aromatic heterocycles. The van der Waals surface area contributed by atoms with Crippen LogP contribution in [0.25, 0.3) is 22.0 Å². The zero-order valence-corrected chi connectivity index (χ0v) is 13.9. The Balaban J connectivity index is 1.60. The lowest BCUT2D eigenvalue weighted by Gasteiger charge is -2.02. The van der Waals surface area contributed by atoms with Gasteiger partial charge in [0.25, 0.3) is 5.91 Å². The van der Waals surface area contributed by atoms with Crippen molar-refractivity contribution >= 4 is 39.4 Å². The third kappa shape index (κ3) is 2.79. The molecule has 0 fully saturated rings. The van der Waals surface area contributed by atoms with Crippen LogP contribution in [0.1, 0.15) is 34.4 Å². The zero-order valence-electron chi connectivity index (χ0n) is 13.9. The van der Waals surface area contributed by atoms with E-state index in [1.165, 1.54) is 6.20 Å². The molecule has 7 nitrogen and oxygen atoms in total. The summed E-state index contributed by atoms with van der Waals surface area (Å²) in [5, 5.41) is 13.7. The van der Waals surface area contributed by atoms with Crippen molar-refractivity contribution in [2.24, 2.45) is 0 Å². The number of hydrogen-bond acceptors (Lipinski definition) is 5. The van der Waals surface area contributed by atoms with Crippen LogP contribution < -0.4 is 5.32 Å². The van der Waals surface area contributed by atoms with Crippen LogP contribution >= 0.6 is 0 Å². The molecule has 4 rings (SSSR count). The largest absolute Gasteiger partial charge is 0.508 e. The number of fused-ring (bicyclic) bond motifs is 2. The number of H-pyrrole nitrogens is 1. The van der Waals surface area contributed by atoms with E-state index >= 15 is 0 Å². The molecule has 0 spiro atoms. The standard InChI is InChI=1S/C19H15N3O4/c1-2-16(24)17-8-11-5-12(9-20-19(11)26-17)21-18(25)15-7-10-6-13(23)3-4-14(10)22-15/h3-9,22-23H,2H2,1H3,(H,21,25). The van der Waals surface area contributed by atoms with Gasteiger partial charge in [-0.05, 0) is 36.4 Å². The number of furan rings is 1. The van der Waals surface area contributed by atoms with Crippen LogP contribution in [0, 0.1) is 0 Å². The highest BCUT2D eigenvalue weighted by atomic mass is 16.4. The van der Waals surface area contributed by atoms with Gasteiger partial charge in [-0.25, -0.2) is 4.98 Å². The van der Waals surface area contributed by atoms with Gasteiger partial charge < -0.3 is 19.8 Å². The van der Waals surface area contributed by atoms with Crippen LogP contribution in [-0.4, -0.2) is 26.8 Å². The van der Waals surface area contributed by atoms with E-state index in [4.69, 9.17) is 4.42 Å². The Morgan fingerprint density at radius 1 is 1.19 bits per heavy atom. The van der Waals surface area contributed by atoms with Crippen molar-refractivity contribution in [2.45, 2.75) is 13.3 Å². The molecule has 26 heavy (non-hydrogen) atoms. The molecule has 0 bridgehead atoms. The van der Waals surface area contributed by atoms with E-state index in [9.17, 15) is 14.7 Å². The molecule has 0 saturated heterocycles. The zero-order chi connectivity index (χ0) is 18.3. The fourth-order valence-electron chi connectivity index (χ4n) is 2.75. The second kappa shape index (κ2) is 6.03. The molecule has 0 unspecified atom stereocenters. The highest BCUT2D eigenvalue weighted by Crippen LogP contribution is 2.23. The Morgan fingerprint density at radius 3 is 2.85 bits per heavy atom. The van der Waals surface area contributed by atoms with Crippen molar-refractivity contribution in [3.05, 3.63) is 54.0 Å². The van der Waals surface area contributed by atoms with Crippen LogP contribution in [0.5, 0.6) is 5.75 Å². The number of amides is 1. The third-order valence-electron chi connectivity index (χ3n) is 4.07. The molecule has 7 heteroatoms. The first kappa shape index (κ1) is 15.9. The van der Waals surface area contributed by atoms with Crippen molar-refractivity contribution in [2.75, 3.05) is 5.32 Å². The maximum Gasteiger partial charge on any atom is 0.272 e. The molecule has 3 N–H and O–H groups in total. The highest BCUT2D eigenvalue weighted by molar-refractivity contribution is 6.06. The number of aromatic hydroxyl groups is 1. The van der Waals surface area contributed by atoms with Gasteiger partial charge in [0.2, 0.25) is 5.71 Å². The normalized spacial score (nSPS) is 11.1. The summed E-state index contributed by atoms with van der Waals surface area (Å²) in [6, 6.07) is 9.81. The van der Waals surface area contributed by atoms with Gasteiger partial charge in [-0.1, -0.05) is 6.92 Å². The van der Waals surface area contributed by atoms with Gasteiger partial charge in [0.1, 0.15) is 11.4 Å². The van der Waals surface area contributed by atoms with E-state index in [2.05, 4.69) is 15.3 Å². The van der Waals surface area contributed by atoms with Gasteiger partial charge in [0, 0.05) is 22.7 Å². The number of pyridine rings is 1. The minimum Gasteiger partial charge on any atom is -0.508 e.